The molecule has 0 atom stereocenters. The first-order valence-electron chi connectivity index (χ1n) is 7.85. The van der Waals surface area contributed by atoms with Gasteiger partial charge in [0.2, 0.25) is 11.6 Å². The quantitative estimate of drug-likeness (QED) is 0.526. The lowest BCUT2D eigenvalue weighted by Gasteiger charge is -1.96. The summed E-state index contributed by atoms with van der Waals surface area (Å²) in [5.74, 6) is 1.30. The fraction of sp³-hybridized carbons (Fsp3) is 0.0500. The van der Waals surface area contributed by atoms with Crippen molar-refractivity contribution < 1.29 is 9.05 Å². The van der Waals surface area contributed by atoms with E-state index in [2.05, 4.69) is 21.9 Å². The van der Waals surface area contributed by atoms with Crippen LogP contribution in [-0.2, 0) is 0 Å². The molecule has 0 spiro atoms. The number of hydrogen-bond acceptors (Lipinski definition) is 5. The first-order chi connectivity index (χ1) is 12.3. The van der Waals surface area contributed by atoms with E-state index in [1.807, 2.05) is 61.5 Å². The molecule has 0 unspecified atom stereocenters. The maximum absolute atomic E-state index is 5.46. The fourth-order valence-electron chi connectivity index (χ4n) is 2.60. The maximum atomic E-state index is 5.46. The molecule has 0 N–H and O–H groups in total. The summed E-state index contributed by atoms with van der Waals surface area (Å²) in [6, 6.07) is 17.6. The third-order valence-corrected chi connectivity index (χ3v) is 4.00. The summed E-state index contributed by atoms with van der Waals surface area (Å²) in [7, 11) is 0. The monoisotopic (exact) mass is 329 g/mol. The summed E-state index contributed by atoms with van der Waals surface area (Å²) in [4.78, 5) is 4.44. The van der Waals surface area contributed by atoms with Crippen LogP contribution in [0.15, 0.2) is 70.2 Å². The molecule has 0 bridgehead atoms. The molecule has 5 nitrogen and oxygen atoms in total. The van der Waals surface area contributed by atoms with Crippen molar-refractivity contribution in [3.8, 4) is 34.3 Å². The van der Waals surface area contributed by atoms with E-state index in [0.717, 1.165) is 27.9 Å². The van der Waals surface area contributed by atoms with Crippen LogP contribution < -0.4 is 0 Å². The van der Waals surface area contributed by atoms with Crippen LogP contribution in [0.4, 0.5) is 0 Å². The highest BCUT2D eigenvalue weighted by molar-refractivity contribution is 5.69. The minimum atomic E-state index is 0.315. The number of aromatic nitrogens is 3. The van der Waals surface area contributed by atoms with E-state index in [0.29, 0.717) is 17.5 Å². The Morgan fingerprint density at radius 2 is 1.64 bits per heavy atom. The minimum Gasteiger partial charge on any atom is -0.350 e. The molecule has 4 aromatic rings. The molecule has 2 aromatic heterocycles. The lowest BCUT2D eigenvalue weighted by Crippen LogP contribution is -1.83. The van der Waals surface area contributed by atoms with Gasteiger partial charge in [-0.05, 0) is 12.5 Å². The van der Waals surface area contributed by atoms with E-state index in [4.69, 9.17) is 9.05 Å². The van der Waals surface area contributed by atoms with Crippen molar-refractivity contribution in [3.05, 3.63) is 72.3 Å². The minimum absolute atomic E-state index is 0.315. The topological polar surface area (TPSA) is 65.0 Å². The Hall–Kier alpha value is -3.47. The van der Waals surface area contributed by atoms with Crippen molar-refractivity contribution in [1.29, 1.82) is 0 Å². The molecule has 0 fully saturated rings. The maximum Gasteiger partial charge on any atom is 0.297 e. The average molecular weight is 329 g/mol. The van der Waals surface area contributed by atoms with Crippen molar-refractivity contribution in [3.63, 3.8) is 0 Å². The van der Waals surface area contributed by atoms with Gasteiger partial charge >= 0.3 is 0 Å². The Morgan fingerprint density at radius 1 is 0.880 bits per heavy atom. The predicted molar refractivity (Wildman–Crippen MR) is 95.5 cm³/mol. The Morgan fingerprint density at radius 3 is 2.36 bits per heavy atom. The van der Waals surface area contributed by atoms with Crippen molar-refractivity contribution in [2.75, 3.05) is 0 Å². The third kappa shape index (κ3) is 2.76. The number of rotatable bonds is 4. The Bertz CT molecular complexity index is 1010. The molecule has 0 radical (unpaired) electrons. The average Bonchev–Trinajstić information content (AvgIpc) is 3.29. The van der Waals surface area contributed by atoms with Crippen LogP contribution in [0, 0.1) is 6.92 Å². The summed E-state index contributed by atoms with van der Waals surface area (Å²) in [5, 5.41) is 8.19. The zero-order chi connectivity index (χ0) is 17.2. The zero-order valence-corrected chi connectivity index (χ0v) is 13.6. The summed E-state index contributed by atoms with van der Waals surface area (Å²) in [5.41, 5.74) is 4.51. The van der Waals surface area contributed by atoms with Crippen LogP contribution in [0.2, 0.25) is 0 Å². The smallest absolute Gasteiger partial charge is 0.297 e. The van der Waals surface area contributed by atoms with E-state index in [-0.39, 0.29) is 0 Å². The van der Waals surface area contributed by atoms with Gasteiger partial charge in [-0.1, -0.05) is 77.6 Å². The molecule has 4 rings (SSSR count). The number of hydrogen-bond donors (Lipinski definition) is 0. The van der Waals surface area contributed by atoms with Gasteiger partial charge in [-0.15, -0.1) is 0 Å². The fourth-order valence-corrected chi connectivity index (χ4v) is 2.60. The van der Waals surface area contributed by atoms with Crippen LogP contribution in [0.25, 0.3) is 40.4 Å². The first kappa shape index (κ1) is 15.1. The molecule has 5 heteroatoms. The molecule has 122 valence electrons. The van der Waals surface area contributed by atoms with Crippen LogP contribution in [-0.4, -0.2) is 15.3 Å². The van der Waals surface area contributed by atoms with Gasteiger partial charge in [-0.3, -0.25) is 0 Å². The molecule has 0 saturated heterocycles. The molecule has 0 aliphatic heterocycles. The highest BCUT2D eigenvalue weighted by Gasteiger charge is 2.21. The van der Waals surface area contributed by atoms with Crippen LogP contribution in [0.1, 0.15) is 11.1 Å². The molecule has 0 amide bonds. The summed E-state index contributed by atoms with van der Waals surface area (Å²) in [6.07, 6.45) is 1.79. The van der Waals surface area contributed by atoms with E-state index in [1.165, 1.54) is 0 Å². The van der Waals surface area contributed by atoms with Crippen molar-refractivity contribution in [1.82, 2.24) is 15.3 Å². The largest absolute Gasteiger partial charge is 0.350 e. The third-order valence-electron chi connectivity index (χ3n) is 4.00. The van der Waals surface area contributed by atoms with Gasteiger partial charge in [0.15, 0.2) is 0 Å². The van der Waals surface area contributed by atoms with Gasteiger partial charge < -0.3 is 9.05 Å². The van der Waals surface area contributed by atoms with E-state index in [9.17, 15) is 0 Å². The van der Waals surface area contributed by atoms with Crippen LogP contribution in [0.3, 0.4) is 0 Å². The van der Waals surface area contributed by atoms with E-state index >= 15 is 0 Å². The normalized spacial score (nSPS) is 10.8. The molecule has 0 aliphatic carbocycles. The lowest BCUT2D eigenvalue weighted by molar-refractivity contribution is 0.386. The molecular weight excluding hydrogens is 314 g/mol. The van der Waals surface area contributed by atoms with Crippen molar-refractivity contribution >= 4 is 6.08 Å². The summed E-state index contributed by atoms with van der Waals surface area (Å²) in [6.45, 7) is 5.67. The van der Waals surface area contributed by atoms with E-state index < -0.39 is 0 Å². The standard InChI is InChI=1S/C20H15N3O2/c1-3-14-9-11-16(12-10-14)19-21-20(25-23-19)18-13(2)17(22-24-18)15-7-5-4-6-8-15/h3-12H,1H2,2H3. The van der Waals surface area contributed by atoms with Crippen LogP contribution >= 0.6 is 0 Å². The zero-order valence-electron chi connectivity index (χ0n) is 13.6. The predicted octanol–water partition coefficient (Wildman–Crippen LogP) is 5.01. The Balaban J connectivity index is 1.68. The molecule has 25 heavy (non-hydrogen) atoms. The Kier molecular flexibility index (Phi) is 3.74. The molecule has 2 aromatic carbocycles. The molecular formula is C20H15N3O2. The van der Waals surface area contributed by atoms with Crippen molar-refractivity contribution in [2.45, 2.75) is 6.92 Å². The van der Waals surface area contributed by atoms with Crippen LogP contribution in [0.5, 0.6) is 0 Å². The Labute approximate surface area is 144 Å². The van der Waals surface area contributed by atoms with Gasteiger partial charge in [-0.2, -0.15) is 4.98 Å². The first-order valence-corrected chi connectivity index (χ1v) is 7.85. The second-order valence-electron chi connectivity index (χ2n) is 5.60. The SMILES string of the molecule is C=Cc1ccc(-c2noc(-c3onc(-c4ccccc4)c3C)n2)cc1. The summed E-state index contributed by atoms with van der Waals surface area (Å²) >= 11 is 0. The number of nitrogens with zero attached hydrogens (tertiary/aromatic N) is 3. The highest BCUT2D eigenvalue weighted by atomic mass is 16.5. The molecule has 2 heterocycles. The second kappa shape index (κ2) is 6.20. The van der Waals surface area contributed by atoms with E-state index in [1.54, 1.807) is 6.08 Å². The van der Waals surface area contributed by atoms with Gasteiger partial charge in [0.1, 0.15) is 5.69 Å². The summed E-state index contributed by atoms with van der Waals surface area (Å²) < 4.78 is 10.8. The highest BCUT2D eigenvalue weighted by Crippen LogP contribution is 2.31. The molecule has 0 saturated carbocycles. The number of benzene rings is 2. The van der Waals surface area contributed by atoms with Gasteiger partial charge in [-0.25, -0.2) is 0 Å². The van der Waals surface area contributed by atoms with Crippen molar-refractivity contribution in [2.24, 2.45) is 0 Å². The van der Waals surface area contributed by atoms with Gasteiger partial charge in [0.05, 0.1) is 0 Å². The lowest BCUT2D eigenvalue weighted by atomic mass is 10.1. The second-order valence-corrected chi connectivity index (χ2v) is 5.60. The van der Waals surface area contributed by atoms with Gasteiger partial charge in [0, 0.05) is 16.7 Å². The van der Waals surface area contributed by atoms with Gasteiger partial charge in [0.25, 0.3) is 5.89 Å². The molecule has 0 aliphatic rings.